The monoisotopic (exact) mass is 590 g/mol. The molecule has 44 heavy (non-hydrogen) atoms. The van der Waals surface area contributed by atoms with Crippen molar-refractivity contribution in [1.29, 1.82) is 0 Å². The van der Waals surface area contributed by atoms with Gasteiger partial charge in [-0.1, -0.05) is 196 Å². The van der Waals surface area contributed by atoms with E-state index in [1.165, 1.54) is 55.6 Å². The summed E-state index contributed by atoms with van der Waals surface area (Å²) in [5, 5.41) is 0. The number of rotatable bonds is 1. The highest BCUT2D eigenvalue weighted by atomic mass is 14.0. The lowest BCUT2D eigenvalue weighted by Gasteiger charge is -2.02. The Balaban J connectivity index is 0. The Bertz CT molecular complexity index is 1240. The Labute approximate surface area is 273 Å². The van der Waals surface area contributed by atoms with Gasteiger partial charge >= 0.3 is 0 Å². The lowest BCUT2D eigenvalue weighted by molar-refractivity contribution is 1.34. The number of hydrogen-bond acceptors (Lipinski definition) is 0. The van der Waals surface area contributed by atoms with Gasteiger partial charge < -0.3 is 0 Å². The van der Waals surface area contributed by atoms with Gasteiger partial charge in [0.1, 0.15) is 0 Å². The minimum atomic E-state index is 1.29. The summed E-state index contributed by atoms with van der Waals surface area (Å²) in [6.07, 6.45) is 0. The SMILES string of the molecule is CC.CC.CC.Cc1ccc(-c2ccc(C)cc2)cc1.Cc1ccc(C)cc1.Cc1cccc(C)c1.Cc1ccccc1C. The maximum Gasteiger partial charge on any atom is -0.0184 e. The minimum Gasteiger partial charge on any atom is -0.0683 e. The first-order valence-electron chi connectivity index (χ1n) is 16.4. The van der Waals surface area contributed by atoms with E-state index in [0.29, 0.717) is 0 Å². The Morgan fingerprint density at radius 2 is 0.500 bits per heavy atom. The third-order valence-electron chi connectivity index (χ3n) is 6.25. The highest BCUT2D eigenvalue weighted by Crippen LogP contribution is 2.19. The van der Waals surface area contributed by atoms with Gasteiger partial charge in [-0.05, 0) is 77.6 Å². The highest BCUT2D eigenvalue weighted by Gasteiger charge is 1.95. The summed E-state index contributed by atoms with van der Waals surface area (Å²) in [4.78, 5) is 0. The van der Waals surface area contributed by atoms with E-state index >= 15 is 0 Å². The van der Waals surface area contributed by atoms with Gasteiger partial charge in [0.2, 0.25) is 0 Å². The summed E-state index contributed by atoms with van der Waals surface area (Å²) in [5.74, 6) is 0. The van der Waals surface area contributed by atoms with Crippen LogP contribution in [-0.4, -0.2) is 0 Å². The first kappa shape index (κ1) is 42.2. The van der Waals surface area contributed by atoms with Crippen molar-refractivity contribution in [3.63, 3.8) is 0 Å². The molecule has 0 nitrogen and oxygen atoms in total. The van der Waals surface area contributed by atoms with Crippen molar-refractivity contribution < 1.29 is 0 Å². The molecule has 238 valence electrons. The van der Waals surface area contributed by atoms with Gasteiger partial charge in [-0.3, -0.25) is 0 Å². The molecule has 0 heterocycles. The van der Waals surface area contributed by atoms with Crippen molar-refractivity contribution >= 4 is 0 Å². The fourth-order valence-electron chi connectivity index (χ4n) is 3.60. The third-order valence-corrected chi connectivity index (χ3v) is 6.25. The molecule has 0 N–H and O–H groups in total. The van der Waals surface area contributed by atoms with Crippen LogP contribution in [0.15, 0.2) is 121 Å². The largest absolute Gasteiger partial charge is 0.0683 e. The van der Waals surface area contributed by atoms with E-state index in [4.69, 9.17) is 0 Å². The molecule has 0 saturated carbocycles. The Morgan fingerprint density at radius 3 is 0.705 bits per heavy atom. The fraction of sp³-hybridized carbons (Fsp3) is 0.318. The molecule has 0 aromatic heterocycles. The summed E-state index contributed by atoms with van der Waals surface area (Å²) in [6.45, 7) is 28.9. The maximum absolute atomic E-state index is 2.17. The van der Waals surface area contributed by atoms with Crippen molar-refractivity contribution in [2.75, 3.05) is 0 Å². The van der Waals surface area contributed by atoms with E-state index in [1.54, 1.807) is 0 Å². The molecule has 0 aliphatic heterocycles. The summed E-state index contributed by atoms with van der Waals surface area (Å²) in [5.41, 5.74) is 13.3. The molecule has 0 aliphatic carbocycles. The van der Waals surface area contributed by atoms with Crippen LogP contribution in [0, 0.1) is 55.4 Å². The van der Waals surface area contributed by atoms with Gasteiger partial charge in [0.05, 0.1) is 0 Å². The summed E-state index contributed by atoms with van der Waals surface area (Å²) in [6, 6.07) is 42.5. The topological polar surface area (TPSA) is 0 Å². The molecule has 0 radical (unpaired) electrons. The van der Waals surface area contributed by atoms with Gasteiger partial charge in [-0.25, -0.2) is 0 Å². The van der Waals surface area contributed by atoms with Crippen molar-refractivity contribution in [3.05, 3.63) is 166 Å². The van der Waals surface area contributed by atoms with Crippen LogP contribution in [0.4, 0.5) is 0 Å². The van der Waals surface area contributed by atoms with E-state index in [0.717, 1.165) is 0 Å². The standard InChI is InChI=1S/C14H14.3C8H10.3C2H6/c1-11-3-7-13(8-4-11)14-9-5-12(2)6-10-14;1-7-3-5-8(2)6-4-7;1-7-4-3-5-8(2)6-7;1-7-5-3-4-6-8(7)2;3*1-2/h3-10H,1-2H3;3*3-6H,1-2H3;3*1-2H3. The van der Waals surface area contributed by atoms with Gasteiger partial charge in [0.15, 0.2) is 0 Å². The second kappa shape index (κ2) is 26.7. The molecule has 0 fully saturated rings. The molecule has 0 heteroatoms. The fourth-order valence-corrected chi connectivity index (χ4v) is 3.60. The van der Waals surface area contributed by atoms with Crippen LogP contribution in [-0.2, 0) is 0 Å². The molecule has 5 aromatic carbocycles. The van der Waals surface area contributed by atoms with Crippen molar-refractivity contribution in [2.45, 2.75) is 96.9 Å². The predicted octanol–water partition coefficient (Wildman–Crippen LogP) is 14.0. The first-order valence-corrected chi connectivity index (χ1v) is 16.4. The van der Waals surface area contributed by atoms with Crippen LogP contribution in [0.5, 0.6) is 0 Å². The van der Waals surface area contributed by atoms with Gasteiger partial charge in [-0.2, -0.15) is 0 Å². The minimum absolute atomic E-state index is 1.29. The maximum atomic E-state index is 2.17. The number of aryl methyl sites for hydroxylation is 8. The van der Waals surface area contributed by atoms with Crippen molar-refractivity contribution in [3.8, 4) is 11.1 Å². The zero-order chi connectivity index (χ0) is 33.9. The summed E-state index contributed by atoms with van der Waals surface area (Å²) < 4.78 is 0. The van der Waals surface area contributed by atoms with Gasteiger partial charge in [0, 0.05) is 0 Å². The third kappa shape index (κ3) is 20.1. The van der Waals surface area contributed by atoms with Gasteiger partial charge in [0.25, 0.3) is 0 Å². The predicted molar refractivity (Wildman–Crippen MR) is 203 cm³/mol. The quantitative estimate of drug-likeness (QED) is 0.182. The van der Waals surface area contributed by atoms with Crippen LogP contribution in [0.2, 0.25) is 0 Å². The van der Waals surface area contributed by atoms with Crippen LogP contribution >= 0.6 is 0 Å². The molecule has 0 spiro atoms. The van der Waals surface area contributed by atoms with Gasteiger partial charge in [-0.15, -0.1) is 0 Å². The van der Waals surface area contributed by atoms with Crippen LogP contribution in [0.1, 0.15) is 86.1 Å². The Hall–Kier alpha value is -3.90. The lowest BCUT2D eigenvalue weighted by atomic mass is 10.0. The summed E-state index contributed by atoms with van der Waals surface area (Å²) >= 11 is 0. The van der Waals surface area contributed by atoms with Crippen molar-refractivity contribution in [1.82, 2.24) is 0 Å². The normalized spacial score (nSPS) is 8.68. The molecule has 0 saturated heterocycles. The smallest absolute Gasteiger partial charge is 0.0184 e. The number of hydrogen-bond donors (Lipinski definition) is 0. The zero-order valence-corrected chi connectivity index (χ0v) is 30.5. The molecule has 5 rings (SSSR count). The Morgan fingerprint density at radius 1 is 0.250 bits per heavy atom. The molecular formula is C44H62. The highest BCUT2D eigenvalue weighted by molar-refractivity contribution is 5.63. The average molecular weight is 591 g/mol. The second-order valence-electron chi connectivity index (χ2n) is 10.1. The average Bonchev–Trinajstić information content (AvgIpc) is 3.05. The van der Waals surface area contributed by atoms with Crippen LogP contribution in [0.3, 0.4) is 0 Å². The molecular weight excluding hydrogens is 528 g/mol. The van der Waals surface area contributed by atoms with E-state index in [-0.39, 0.29) is 0 Å². The lowest BCUT2D eigenvalue weighted by Crippen LogP contribution is -1.78. The van der Waals surface area contributed by atoms with Crippen LogP contribution < -0.4 is 0 Å². The molecule has 0 aliphatic rings. The number of benzene rings is 5. The molecule has 0 atom stereocenters. The molecule has 0 unspecified atom stereocenters. The summed E-state index contributed by atoms with van der Waals surface area (Å²) in [7, 11) is 0. The van der Waals surface area contributed by atoms with E-state index in [1.807, 2.05) is 41.5 Å². The van der Waals surface area contributed by atoms with E-state index < -0.39 is 0 Å². The zero-order valence-electron chi connectivity index (χ0n) is 30.5. The second-order valence-corrected chi connectivity index (χ2v) is 10.1. The van der Waals surface area contributed by atoms with Crippen molar-refractivity contribution in [2.24, 2.45) is 0 Å². The van der Waals surface area contributed by atoms with E-state index in [9.17, 15) is 0 Å². The molecule has 5 aromatic rings. The van der Waals surface area contributed by atoms with Crippen LogP contribution in [0.25, 0.3) is 11.1 Å². The first-order chi connectivity index (χ1) is 21.1. The Kier molecular flexibility index (Phi) is 25.6. The van der Waals surface area contributed by atoms with E-state index in [2.05, 4.69) is 177 Å². The molecule has 0 bridgehead atoms. The molecule has 0 amide bonds.